The largest absolute Gasteiger partial charge is 0.465 e. The molecule has 2 unspecified atom stereocenters. The van der Waals surface area contributed by atoms with Gasteiger partial charge in [-0.2, -0.15) is 0 Å². The molecule has 20 heavy (non-hydrogen) atoms. The van der Waals surface area contributed by atoms with Crippen LogP contribution in [0.4, 0.5) is 24.5 Å². The summed E-state index contributed by atoms with van der Waals surface area (Å²) >= 11 is 0. The third-order valence-corrected chi connectivity index (χ3v) is 2.85. The summed E-state index contributed by atoms with van der Waals surface area (Å²) < 4.78 is 42.4. The highest BCUT2D eigenvalue weighted by molar-refractivity contribution is 6.05. The highest BCUT2D eigenvalue weighted by Gasteiger charge is 2.38. The molecular weight excluding hydrogens is 277 g/mol. The van der Waals surface area contributed by atoms with E-state index in [2.05, 4.69) is 15.4 Å². The first kappa shape index (κ1) is 14.2. The molecule has 0 fully saturated rings. The molecule has 0 spiro atoms. The first-order valence-corrected chi connectivity index (χ1v) is 5.66. The van der Waals surface area contributed by atoms with Gasteiger partial charge in [0.2, 0.25) is 5.91 Å². The van der Waals surface area contributed by atoms with Crippen molar-refractivity contribution in [1.29, 1.82) is 0 Å². The maximum absolute atomic E-state index is 13.3. The summed E-state index contributed by atoms with van der Waals surface area (Å²) in [6.45, 7) is 0. The fraction of sp³-hybridized carbons (Fsp3) is 0.333. The number of ether oxygens (including phenoxy) is 1. The molecule has 1 amide bonds. The third kappa shape index (κ3) is 2.54. The Morgan fingerprint density at radius 2 is 2.00 bits per heavy atom. The molecule has 0 aliphatic carbocycles. The Morgan fingerprint density at radius 1 is 1.30 bits per heavy atom. The summed E-state index contributed by atoms with van der Waals surface area (Å²) in [6.07, 6.45) is -5.89. The molecule has 2 rings (SSSR count). The van der Waals surface area contributed by atoms with E-state index >= 15 is 0 Å². The number of benzene rings is 1. The molecule has 1 heterocycles. The van der Waals surface area contributed by atoms with Crippen molar-refractivity contribution in [3.05, 3.63) is 23.8 Å². The second-order valence-corrected chi connectivity index (χ2v) is 4.14. The summed E-state index contributed by atoms with van der Waals surface area (Å²) in [4.78, 5) is 22.9. The Labute approximate surface area is 112 Å². The van der Waals surface area contributed by atoms with Crippen molar-refractivity contribution in [2.24, 2.45) is 0 Å². The van der Waals surface area contributed by atoms with Crippen LogP contribution in [0.25, 0.3) is 0 Å². The molecule has 1 aromatic rings. The Balaban J connectivity index is 2.27. The zero-order valence-corrected chi connectivity index (χ0v) is 10.3. The Hall–Kier alpha value is -2.25. The molecule has 0 bridgehead atoms. The quantitative estimate of drug-likeness (QED) is 0.832. The summed E-state index contributed by atoms with van der Waals surface area (Å²) in [6, 6.07) is 2.40. The van der Waals surface area contributed by atoms with Gasteiger partial charge in [0, 0.05) is 0 Å². The highest BCUT2D eigenvalue weighted by Crippen LogP contribution is 2.30. The summed E-state index contributed by atoms with van der Waals surface area (Å²) in [5.74, 6) is -1.53. The highest BCUT2D eigenvalue weighted by atomic mass is 19.3. The number of rotatable bonds is 3. The Bertz CT molecular complexity index is 551. The van der Waals surface area contributed by atoms with Gasteiger partial charge < -0.3 is 15.4 Å². The van der Waals surface area contributed by atoms with Gasteiger partial charge in [-0.1, -0.05) is 0 Å². The van der Waals surface area contributed by atoms with Crippen LogP contribution in [0, 0.1) is 0 Å². The molecule has 0 aromatic heterocycles. The lowest BCUT2D eigenvalue weighted by Gasteiger charge is -2.28. The zero-order chi connectivity index (χ0) is 14.9. The van der Waals surface area contributed by atoms with Gasteiger partial charge in [-0.05, 0) is 18.2 Å². The average molecular weight is 288 g/mol. The fourth-order valence-electron chi connectivity index (χ4n) is 1.83. The zero-order valence-electron chi connectivity index (χ0n) is 10.3. The van der Waals surface area contributed by atoms with E-state index in [0.717, 1.165) is 0 Å². The van der Waals surface area contributed by atoms with Crippen molar-refractivity contribution in [2.45, 2.75) is 18.6 Å². The van der Waals surface area contributed by atoms with Gasteiger partial charge in [0.05, 0.1) is 24.0 Å². The number of methoxy groups -OCH3 is 1. The van der Waals surface area contributed by atoms with Crippen LogP contribution < -0.4 is 10.6 Å². The molecule has 5 nitrogen and oxygen atoms in total. The maximum atomic E-state index is 13.3. The first-order chi connectivity index (χ1) is 9.43. The van der Waals surface area contributed by atoms with Crippen LogP contribution in [-0.2, 0) is 9.53 Å². The Kier molecular flexibility index (Phi) is 3.82. The second kappa shape index (κ2) is 5.40. The van der Waals surface area contributed by atoms with Gasteiger partial charge in [-0.3, -0.25) is 4.79 Å². The fourth-order valence-corrected chi connectivity index (χ4v) is 1.83. The summed E-state index contributed by atoms with van der Waals surface area (Å²) in [5.41, 5.74) is 0.638. The van der Waals surface area contributed by atoms with Gasteiger partial charge in [-0.25, -0.2) is 18.0 Å². The van der Waals surface area contributed by atoms with Crippen LogP contribution in [0.15, 0.2) is 18.2 Å². The second-order valence-electron chi connectivity index (χ2n) is 4.14. The minimum Gasteiger partial charge on any atom is -0.465 e. The van der Waals surface area contributed by atoms with Gasteiger partial charge in [-0.15, -0.1) is 0 Å². The molecule has 0 saturated carbocycles. The number of carbonyl (C=O) groups is 2. The molecule has 1 aromatic carbocycles. The van der Waals surface area contributed by atoms with E-state index in [-0.39, 0.29) is 16.9 Å². The monoisotopic (exact) mass is 288 g/mol. The molecule has 2 atom stereocenters. The van der Waals surface area contributed by atoms with Crippen LogP contribution in [0.3, 0.4) is 0 Å². The van der Waals surface area contributed by atoms with Crippen molar-refractivity contribution < 1.29 is 27.5 Å². The lowest BCUT2D eigenvalue weighted by molar-refractivity contribution is -0.120. The molecule has 0 radical (unpaired) electrons. The minimum absolute atomic E-state index is 0.178. The number of hydrogen-bond donors (Lipinski definition) is 2. The van der Waals surface area contributed by atoms with E-state index in [0.29, 0.717) is 0 Å². The maximum Gasteiger partial charge on any atom is 0.337 e. The van der Waals surface area contributed by atoms with Gasteiger partial charge in [0.15, 0.2) is 6.17 Å². The molecule has 1 aliphatic heterocycles. The van der Waals surface area contributed by atoms with E-state index < -0.39 is 30.5 Å². The molecular formula is C12H11F3N2O3. The van der Waals surface area contributed by atoms with Crippen molar-refractivity contribution in [1.82, 2.24) is 0 Å². The lowest BCUT2D eigenvalue weighted by atomic mass is 10.1. The lowest BCUT2D eigenvalue weighted by Crippen LogP contribution is -2.47. The number of alkyl halides is 3. The Morgan fingerprint density at radius 3 is 2.60 bits per heavy atom. The van der Waals surface area contributed by atoms with E-state index in [1.807, 2.05) is 0 Å². The standard InChI is InChI=1S/C12H11F3N2O3/c1-20-12(19)5-2-3-6-7(4-5)17-11(18)9(16-6)8(13)10(14)15/h2-4,8-10,16H,1H3,(H,17,18). The number of esters is 1. The van der Waals surface area contributed by atoms with Crippen molar-refractivity contribution >= 4 is 23.3 Å². The van der Waals surface area contributed by atoms with E-state index in [1.54, 1.807) is 0 Å². The van der Waals surface area contributed by atoms with Crippen molar-refractivity contribution in [2.75, 3.05) is 17.7 Å². The smallest absolute Gasteiger partial charge is 0.337 e. The van der Waals surface area contributed by atoms with E-state index in [4.69, 9.17) is 0 Å². The normalized spacial score (nSPS) is 18.9. The predicted octanol–water partition coefficient (Wildman–Crippen LogP) is 1.81. The molecule has 2 N–H and O–H groups in total. The number of halogens is 3. The topological polar surface area (TPSA) is 67.4 Å². The first-order valence-electron chi connectivity index (χ1n) is 5.66. The molecule has 108 valence electrons. The number of carbonyl (C=O) groups excluding carboxylic acids is 2. The van der Waals surface area contributed by atoms with Gasteiger partial charge >= 0.3 is 5.97 Å². The molecule has 1 aliphatic rings. The SMILES string of the molecule is COC(=O)c1ccc2c(c1)NC(=O)C(C(F)C(F)F)N2. The van der Waals surface area contributed by atoms with Crippen LogP contribution in [0.2, 0.25) is 0 Å². The number of nitrogens with one attached hydrogen (secondary N) is 2. The van der Waals surface area contributed by atoms with E-state index in [9.17, 15) is 22.8 Å². The number of amides is 1. The van der Waals surface area contributed by atoms with Crippen LogP contribution in [0.1, 0.15) is 10.4 Å². The third-order valence-electron chi connectivity index (χ3n) is 2.85. The average Bonchev–Trinajstić information content (AvgIpc) is 2.44. The molecule has 8 heteroatoms. The number of anilines is 2. The van der Waals surface area contributed by atoms with Gasteiger partial charge in [0.1, 0.15) is 6.04 Å². The number of fused-ring (bicyclic) bond motifs is 1. The summed E-state index contributed by atoms with van der Waals surface area (Å²) in [5, 5.41) is 4.68. The van der Waals surface area contributed by atoms with Crippen molar-refractivity contribution in [3.8, 4) is 0 Å². The predicted molar refractivity (Wildman–Crippen MR) is 64.7 cm³/mol. The van der Waals surface area contributed by atoms with Gasteiger partial charge in [0.25, 0.3) is 6.43 Å². The molecule has 0 saturated heterocycles. The van der Waals surface area contributed by atoms with E-state index in [1.165, 1.54) is 25.3 Å². The summed E-state index contributed by atoms with van der Waals surface area (Å²) in [7, 11) is 1.20. The number of hydrogen-bond acceptors (Lipinski definition) is 4. The minimum atomic E-state index is -3.27. The van der Waals surface area contributed by atoms with Crippen molar-refractivity contribution in [3.63, 3.8) is 0 Å². The van der Waals surface area contributed by atoms with Crippen LogP contribution >= 0.6 is 0 Å². The van der Waals surface area contributed by atoms with Crippen LogP contribution in [-0.4, -0.2) is 37.6 Å². The van der Waals surface area contributed by atoms with Crippen LogP contribution in [0.5, 0.6) is 0 Å².